The van der Waals surface area contributed by atoms with E-state index in [9.17, 15) is 14.7 Å². The van der Waals surface area contributed by atoms with Crippen molar-refractivity contribution in [3.63, 3.8) is 0 Å². The number of allylic oxidation sites excluding steroid dienone is 2. The highest BCUT2D eigenvalue weighted by Crippen LogP contribution is 2.54. The molecule has 4 atom stereocenters. The average Bonchev–Trinajstić information content (AvgIpc) is 2.77. The number of carbonyl (C=O) groups is 2. The van der Waals surface area contributed by atoms with Crippen molar-refractivity contribution >= 4 is 11.9 Å². The SMILES string of the molecule is C=C(C)CNC(=O)C(C)(C)[C@@H]1C=C[C@]2(C(=O)O)[C@@H](CC(C)=C[C@H]2COCc2ccccc2)C1. The zero-order chi connectivity index (χ0) is 24.2. The largest absolute Gasteiger partial charge is 0.481 e. The van der Waals surface area contributed by atoms with Crippen LogP contribution in [0.4, 0.5) is 0 Å². The minimum Gasteiger partial charge on any atom is -0.481 e. The van der Waals surface area contributed by atoms with Crippen LogP contribution < -0.4 is 5.32 Å². The molecule has 0 bridgehead atoms. The Bertz CT molecular complexity index is 946. The van der Waals surface area contributed by atoms with Crippen molar-refractivity contribution in [2.24, 2.45) is 28.6 Å². The molecule has 0 spiro atoms. The van der Waals surface area contributed by atoms with Crippen LogP contribution in [0.15, 0.2) is 66.3 Å². The zero-order valence-corrected chi connectivity index (χ0v) is 20.3. The molecule has 1 aromatic carbocycles. The van der Waals surface area contributed by atoms with Gasteiger partial charge < -0.3 is 15.2 Å². The molecule has 178 valence electrons. The molecule has 5 heteroatoms. The molecule has 0 saturated carbocycles. The third kappa shape index (κ3) is 5.30. The van der Waals surface area contributed by atoms with Crippen molar-refractivity contribution in [3.8, 4) is 0 Å². The molecule has 1 amide bonds. The number of hydrogen-bond acceptors (Lipinski definition) is 3. The Morgan fingerprint density at radius 3 is 2.61 bits per heavy atom. The third-order valence-electron chi connectivity index (χ3n) is 7.33. The second-order valence-electron chi connectivity index (χ2n) is 10.3. The zero-order valence-electron chi connectivity index (χ0n) is 20.3. The summed E-state index contributed by atoms with van der Waals surface area (Å²) in [4.78, 5) is 25.6. The minimum atomic E-state index is -1.02. The molecule has 0 aliphatic heterocycles. The molecule has 0 aromatic heterocycles. The van der Waals surface area contributed by atoms with E-state index in [1.54, 1.807) is 0 Å². The molecule has 0 fully saturated rings. The first-order chi connectivity index (χ1) is 15.6. The monoisotopic (exact) mass is 451 g/mol. The van der Waals surface area contributed by atoms with E-state index >= 15 is 0 Å². The van der Waals surface area contributed by atoms with Gasteiger partial charge in [0.25, 0.3) is 0 Å². The van der Waals surface area contributed by atoms with E-state index in [0.29, 0.717) is 32.6 Å². The van der Waals surface area contributed by atoms with E-state index in [-0.39, 0.29) is 23.7 Å². The van der Waals surface area contributed by atoms with Gasteiger partial charge in [-0.3, -0.25) is 9.59 Å². The topological polar surface area (TPSA) is 75.6 Å². The van der Waals surface area contributed by atoms with Gasteiger partial charge in [0.05, 0.1) is 18.6 Å². The van der Waals surface area contributed by atoms with Crippen molar-refractivity contribution in [2.75, 3.05) is 13.2 Å². The van der Waals surface area contributed by atoms with E-state index in [1.165, 1.54) is 5.57 Å². The first-order valence-electron chi connectivity index (χ1n) is 11.7. The Balaban J connectivity index is 1.81. The Morgan fingerprint density at radius 1 is 1.27 bits per heavy atom. The fourth-order valence-corrected chi connectivity index (χ4v) is 5.24. The fourth-order valence-electron chi connectivity index (χ4n) is 5.24. The molecule has 33 heavy (non-hydrogen) atoms. The molecule has 2 N–H and O–H groups in total. The van der Waals surface area contributed by atoms with Crippen LogP contribution >= 0.6 is 0 Å². The van der Waals surface area contributed by atoms with Gasteiger partial charge in [0.1, 0.15) is 0 Å². The molecule has 0 unspecified atom stereocenters. The maximum absolute atomic E-state index is 12.9. The Hall–Kier alpha value is -2.66. The summed E-state index contributed by atoms with van der Waals surface area (Å²) in [6.45, 7) is 12.9. The van der Waals surface area contributed by atoms with Crippen LogP contribution in [0.1, 0.15) is 46.1 Å². The van der Waals surface area contributed by atoms with E-state index in [4.69, 9.17) is 4.74 Å². The van der Waals surface area contributed by atoms with E-state index < -0.39 is 16.8 Å². The summed E-state index contributed by atoms with van der Waals surface area (Å²) in [7, 11) is 0. The summed E-state index contributed by atoms with van der Waals surface area (Å²) in [5, 5.41) is 13.4. The summed E-state index contributed by atoms with van der Waals surface area (Å²) in [5.41, 5.74) is 1.48. The lowest BCUT2D eigenvalue weighted by atomic mass is 9.54. The van der Waals surface area contributed by atoms with Crippen molar-refractivity contribution in [3.05, 3.63) is 71.8 Å². The first kappa shape index (κ1) is 25.0. The number of nitrogens with one attached hydrogen (secondary N) is 1. The predicted molar refractivity (Wildman–Crippen MR) is 130 cm³/mol. The first-order valence-corrected chi connectivity index (χ1v) is 11.7. The van der Waals surface area contributed by atoms with Gasteiger partial charge >= 0.3 is 5.97 Å². The minimum absolute atomic E-state index is 0.0335. The van der Waals surface area contributed by atoms with Crippen LogP contribution in [0.2, 0.25) is 0 Å². The summed E-state index contributed by atoms with van der Waals surface area (Å²) in [5.74, 6) is -1.24. The van der Waals surface area contributed by atoms with E-state index in [2.05, 4.69) is 24.9 Å². The number of carboxylic acids is 1. The van der Waals surface area contributed by atoms with E-state index in [1.807, 2.05) is 63.3 Å². The lowest BCUT2D eigenvalue weighted by Crippen LogP contribution is -2.51. The van der Waals surface area contributed by atoms with Gasteiger partial charge in [-0.1, -0.05) is 80.1 Å². The highest BCUT2D eigenvalue weighted by molar-refractivity contribution is 5.83. The summed E-state index contributed by atoms with van der Waals surface area (Å²) < 4.78 is 6.00. The lowest BCUT2D eigenvalue weighted by Gasteiger charge is -2.49. The summed E-state index contributed by atoms with van der Waals surface area (Å²) in [6.07, 6.45) is 7.26. The maximum Gasteiger partial charge on any atom is 0.314 e. The number of amides is 1. The van der Waals surface area contributed by atoms with Crippen molar-refractivity contribution in [2.45, 2.75) is 47.1 Å². The molecule has 2 aliphatic rings. The van der Waals surface area contributed by atoms with Crippen molar-refractivity contribution in [1.29, 1.82) is 0 Å². The van der Waals surface area contributed by atoms with Crippen LogP contribution in [0, 0.1) is 28.6 Å². The lowest BCUT2D eigenvalue weighted by molar-refractivity contribution is -0.155. The molecule has 0 saturated heterocycles. The number of rotatable bonds is 9. The number of aliphatic carboxylic acids is 1. The van der Waals surface area contributed by atoms with Gasteiger partial charge in [0.15, 0.2) is 0 Å². The van der Waals surface area contributed by atoms with Gasteiger partial charge in [-0.2, -0.15) is 0 Å². The molecule has 3 rings (SSSR count). The third-order valence-corrected chi connectivity index (χ3v) is 7.33. The Kier molecular flexibility index (Phi) is 7.63. The molecular weight excluding hydrogens is 414 g/mol. The van der Waals surface area contributed by atoms with Gasteiger partial charge in [-0.05, 0) is 44.1 Å². The van der Waals surface area contributed by atoms with Crippen LogP contribution in [0.5, 0.6) is 0 Å². The second kappa shape index (κ2) is 10.1. The highest BCUT2D eigenvalue weighted by atomic mass is 16.5. The molecular formula is C28H37NO4. The maximum atomic E-state index is 12.9. The summed E-state index contributed by atoms with van der Waals surface area (Å²) >= 11 is 0. The van der Waals surface area contributed by atoms with Gasteiger partial charge in [0.2, 0.25) is 5.91 Å². The molecule has 0 heterocycles. The van der Waals surface area contributed by atoms with Crippen LogP contribution in [0.25, 0.3) is 0 Å². The number of fused-ring (bicyclic) bond motifs is 1. The predicted octanol–water partition coefficient (Wildman–Crippen LogP) is 5.15. The number of carbonyl (C=O) groups excluding carboxylic acids is 1. The Labute approximate surface area is 197 Å². The average molecular weight is 452 g/mol. The number of benzene rings is 1. The normalized spacial score (nSPS) is 26.8. The molecule has 5 nitrogen and oxygen atoms in total. The van der Waals surface area contributed by atoms with Crippen LogP contribution in [-0.4, -0.2) is 30.1 Å². The smallest absolute Gasteiger partial charge is 0.314 e. The number of carboxylic acid groups (broad SMARTS) is 1. The quantitative estimate of drug-likeness (QED) is 0.509. The standard InChI is InChI=1S/C28H37NO4/c1-19(2)16-29-25(30)27(4,5)22-11-12-28(26(31)32)23(15-22)13-20(3)14-24(28)18-33-17-21-9-7-6-8-10-21/h6-12,14,22-24H,1,13,15-18H2,2-5H3,(H,29,30)(H,31,32)/t22-,23+,24+,28+/m1/s1. The number of ether oxygens (including phenoxy) is 1. The van der Waals surface area contributed by atoms with Gasteiger partial charge in [-0.25, -0.2) is 0 Å². The molecule has 2 aliphatic carbocycles. The van der Waals surface area contributed by atoms with Gasteiger partial charge in [0, 0.05) is 17.9 Å². The van der Waals surface area contributed by atoms with Crippen LogP contribution in [-0.2, 0) is 20.9 Å². The van der Waals surface area contributed by atoms with Crippen molar-refractivity contribution < 1.29 is 19.4 Å². The molecule has 0 radical (unpaired) electrons. The van der Waals surface area contributed by atoms with Gasteiger partial charge in [-0.15, -0.1) is 0 Å². The fraction of sp³-hybridized carbons (Fsp3) is 0.500. The second-order valence-corrected chi connectivity index (χ2v) is 10.3. The Morgan fingerprint density at radius 2 is 1.97 bits per heavy atom. The summed E-state index contributed by atoms with van der Waals surface area (Å²) in [6, 6.07) is 9.91. The van der Waals surface area contributed by atoms with E-state index in [0.717, 1.165) is 11.1 Å². The van der Waals surface area contributed by atoms with Crippen LogP contribution in [0.3, 0.4) is 0 Å². The molecule has 1 aromatic rings. The highest BCUT2D eigenvalue weighted by Gasteiger charge is 2.55. The number of hydrogen-bond donors (Lipinski definition) is 2. The van der Waals surface area contributed by atoms with Crippen molar-refractivity contribution in [1.82, 2.24) is 5.32 Å².